The highest BCUT2D eigenvalue weighted by atomic mass is 16.5. The highest BCUT2D eigenvalue weighted by molar-refractivity contribution is 5.91. The van der Waals surface area contributed by atoms with Crippen molar-refractivity contribution in [1.29, 1.82) is 0 Å². The van der Waals surface area contributed by atoms with E-state index >= 15 is 0 Å². The number of carbonyl (C=O) groups is 1. The van der Waals surface area contributed by atoms with Gasteiger partial charge in [0.2, 0.25) is 0 Å². The maximum absolute atomic E-state index is 11.6. The van der Waals surface area contributed by atoms with Gasteiger partial charge in [0.25, 0.3) is 0 Å². The fourth-order valence-electron chi connectivity index (χ4n) is 3.26. The summed E-state index contributed by atoms with van der Waals surface area (Å²) in [5.41, 5.74) is 2.71. The van der Waals surface area contributed by atoms with Crippen molar-refractivity contribution in [3.8, 4) is 17.0 Å². The Bertz CT molecular complexity index is 951. The van der Waals surface area contributed by atoms with Crippen molar-refractivity contribution in [2.75, 3.05) is 33.9 Å². The predicted molar refractivity (Wildman–Crippen MR) is 117 cm³/mol. The second-order valence-corrected chi connectivity index (χ2v) is 7.38. The third-order valence-corrected chi connectivity index (χ3v) is 4.71. The Morgan fingerprint density at radius 2 is 1.93 bits per heavy atom. The van der Waals surface area contributed by atoms with E-state index in [0.29, 0.717) is 32.6 Å². The second-order valence-electron chi connectivity index (χ2n) is 7.38. The average molecular weight is 411 g/mol. The SMILES string of the molecule is CCOC(=O)CCCn1nc(-c2ccc(OCCCN(C)C)cc2)c2cccnc21. The maximum Gasteiger partial charge on any atom is 0.305 e. The molecule has 7 nitrogen and oxygen atoms in total. The van der Waals surface area contributed by atoms with E-state index in [1.54, 1.807) is 6.20 Å². The summed E-state index contributed by atoms with van der Waals surface area (Å²) in [5, 5.41) is 5.78. The average Bonchev–Trinajstić information content (AvgIpc) is 3.11. The molecule has 0 saturated heterocycles. The molecule has 0 aliphatic heterocycles. The number of hydrogen-bond donors (Lipinski definition) is 0. The van der Waals surface area contributed by atoms with Gasteiger partial charge in [0.1, 0.15) is 11.4 Å². The van der Waals surface area contributed by atoms with Crippen LogP contribution in [-0.2, 0) is 16.1 Å². The van der Waals surface area contributed by atoms with Gasteiger partial charge in [-0.15, -0.1) is 0 Å². The Balaban J connectivity index is 1.70. The zero-order valence-corrected chi connectivity index (χ0v) is 18.0. The molecule has 3 aromatic rings. The van der Waals surface area contributed by atoms with Gasteiger partial charge in [0.05, 0.1) is 13.2 Å². The van der Waals surface area contributed by atoms with Gasteiger partial charge in [-0.1, -0.05) is 0 Å². The molecular formula is C23H30N4O3. The number of hydrogen-bond acceptors (Lipinski definition) is 6. The van der Waals surface area contributed by atoms with Crippen LogP contribution < -0.4 is 4.74 Å². The van der Waals surface area contributed by atoms with Crippen molar-refractivity contribution in [1.82, 2.24) is 19.7 Å². The van der Waals surface area contributed by atoms with E-state index in [9.17, 15) is 4.79 Å². The Morgan fingerprint density at radius 1 is 1.13 bits per heavy atom. The molecule has 0 N–H and O–H groups in total. The Kier molecular flexibility index (Phi) is 7.79. The molecule has 30 heavy (non-hydrogen) atoms. The van der Waals surface area contributed by atoms with Crippen LogP contribution in [0.1, 0.15) is 26.2 Å². The summed E-state index contributed by atoms with van der Waals surface area (Å²) >= 11 is 0. The van der Waals surface area contributed by atoms with Gasteiger partial charge in [-0.05, 0) is 70.3 Å². The third kappa shape index (κ3) is 5.79. The van der Waals surface area contributed by atoms with E-state index in [2.05, 4.69) is 24.0 Å². The fraction of sp³-hybridized carbons (Fsp3) is 0.435. The quantitative estimate of drug-likeness (QED) is 0.354. The van der Waals surface area contributed by atoms with Crippen LogP contribution in [0.5, 0.6) is 5.75 Å². The first kappa shape index (κ1) is 21.8. The summed E-state index contributed by atoms with van der Waals surface area (Å²) in [6.45, 7) is 4.53. The van der Waals surface area contributed by atoms with Crippen molar-refractivity contribution >= 4 is 17.0 Å². The molecule has 0 saturated carbocycles. The number of aryl methyl sites for hydroxylation is 1. The summed E-state index contributed by atoms with van der Waals surface area (Å²) in [5.74, 6) is 0.678. The number of rotatable bonds is 11. The van der Waals surface area contributed by atoms with E-state index < -0.39 is 0 Å². The molecule has 7 heteroatoms. The largest absolute Gasteiger partial charge is 0.494 e. The lowest BCUT2D eigenvalue weighted by Gasteiger charge is -2.10. The molecule has 0 aliphatic rings. The highest BCUT2D eigenvalue weighted by Gasteiger charge is 2.14. The zero-order chi connectivity index (χ0) is 21.3. The molecule has 2 heterocycles. The molecule has 0 atom stereocenters. The van der Waals surface area contributed by atoms with Crippen molar-refractivity contribution in [2.45, 2.75) is 32.7 Å². The van der Waals surface area contributed by atoms with Crippen LogP contribution in [-0.4, -0.2) is 59.5 Å². The van der Waals surface area contributed by atoms with Crippen LogP contribution in [0.2, 0.25) is 0 Å². The predicted octanol–water partition coefficient (Wildman–Crippen LogP) is 3.77. The summed E-state index contributed by atoms with van der Waals surface area (Å²) < 4.78 is 12.7. The smallest absolute Gasteiger partial charge is 0.305 e. The number of aromatic nitrogens is 3. The van der Waals surface area contributed by atoms with E-state index in [1.165, 1.54) is 0 Å². The minimum Gasteiger partial charge on any atom is -0.494 e. The molecule has 0 radical (unpaired) electrons. The number of ether oxygens (including phenoxy) is 2. The van der Waals surface area contributed by atoms with Crippen molar-refractivity contribution in [3.05, 3.63) is 42.6 Å². The lowest BCUT2D eigenvalue weighted by atomic mass is 10.1. The van der Waals surface area contributed by atoms with Gasteiger partial charge in [0, 0.05) is 36.7 Å². The minimum atomic E-state index is -0.177. The van der Waals surface area contributed by atoms with Crippen molar-refractivity contribution in [3.63, 3.8) is 0 Å². The topological polar surface area (TPSA) is 69.5 Å². The Morgan fingerprint density at radius 3 is 2.67 bits per heavy atom. The molecule has 1 aromatic carbocycles. The van der Waals surface area contributed by atoms with E-state index in [4.69, 9.17) is 14.6 Å². The van der Waals surface area contributed by atoms with Gasteiger partial charge >= 0.3 is 5.97 Å². The number of nitrogens with zero attached hydrogens (tertiary/aromatic N) is 4. The molecular weight excluding hydrogens is 380 g/mol. The monoisotopic (exact) mass is 410 g/mol. The van der Waals surface area contributed by atoms with Crippen molar-refractivity contribution < 1.29 is 14.3 Å². The first-order valence-electron chi connectivity index (χ1n) is 10.4. The highest BCUT2D eigenvalue weighted by Crippen LogP contribution is 2.28. The Hall–Kier alpha value is -2.93. The summed E-state index contributed by atoms with van der Waals surface area (Å²) in [7, 11) is 4.12. The first-order valence-corrected chi connectivity index (χ1v) is 10.4. The van der Waals surface area contributed by atoms with Crippen LogP contribution in [0.25, 0.3) is 22.3 Å². The number of benzene rings is 1. The normalized spacial score (nSPS) is 11.2. The first-order chi connectivity index (χ1) is 14.6. The van der Waals surface area contributed by atoms with E-state index in [0.717, 1.165) is 41.0 Å². The van der Waals surface area contributed by atoms with Crippen LogP contribution >= 0.6 is 0 Å². The number of esters is 1. The van der Waals surface area contributed by atoms with Gasteiger partial charge in [-0.25, -0.2) is 9.67 Å². The van der Waals surface area contributed by atoms with E-state index in [-0.39, 0.29) is 5.97 Å². The second kappa shape index (κ2) is 10.7. The zero-order valence-electron chi connectivity index (χ0n) is 18.0. The lowest BCUT2D eigenvalue weighted by Crippen LogP contribution is -2.15. The van der Waals surface area contributed by atoms with Crippen LogP contribution in [0.15, 0.2) is 42.6 Å². The molecule has 0 bridgehead atoms. The number of pyridine rings is 1. The van der Waals surface area contributed by atoms with Crippen LogP contribution in [0.3, 0.4) is 0 Å². The Labute approximate surface area is 177 Å². The van der Waals surface area contributed by atoms with E-state index in [1.807, 2.05) is 48.0 Å². The summed E-state index contributed by atoms with van der Waals surface area (Å²) in [6, 6.07) is 12.0. The maximum atomic E-state index is 11.6. The van der Waals surface area contributed by atoms with Gasteiger partial charge in [-0.3, -0.25) is 4.79 Å². The number of fused-ring (bicyclic) bond motifs is 1. The summed E-state index contributed by atoms with van der Waals surface area (Å²) in [6.07, 6.45) is 3.78. The lowest BCUT2D eigenvalue weighted by molar-refractivity contribution is -0.143. The molecule has 3 rings (SSSR count). The van der Waals surface area contributed by atoms with Gasteiger partial charge in [0.15, 0.2) is 5.65 Å². The molecule has 0 unspecified atom stereocenters. The molecule has 160 valence electrons. The minimum absolute atomic E-state index is 0.177. The number of carbonyl (C=O) groups excluding carboxylic acids is 1. The standard InChI is InChI=1S/C23H30N4O3/c1-4-29-21(28)9-6-16-27-23-20(8-5-14-24-23)22(25-27)18-10-12-19(13-11-18)30-17-7-15-26(2)3/h5,8,10-14H,4,6-7,9,15-17H2,1-3H3. The molecule has 0 spiro atoms. The van der Waals surface area contributed by atoms with Gasteiger partial charge < -0.3 is 14.4 Å². The van der Waals surface area contributed by atoms with Gasteiger partial charge in [-0.2, -0.15) is 5.10 Å². The molecule has 0 amide bonds. The third-order valence-electron chi connectivity index (χ3n) is 4.71. The molecule has 0 fully saturated rings. The van der Waals surface area contributed by atoms with Crippen LogP contribution in [0, 0.1) is 0 Å². The molecule has 2 aromatic heterocycles. The summed E-state index contributed by atoms with van der Waals surface area (Å²) in [4.78, 5) is 18.2. The van der Waals surface area contributed by atoms with Crippen LogP contribution in [0.4, 0.5) is 0 Å². The fourth-order valence-corrected chi connectivity index (χ4v) is 3.26. The molecule has 0 aliphatic carbocycles. The van der Waals surface area contributed by atoms with Crippen molar-refractivity contribution in [2.24, 2.45) is 0 Å².